The number of carbonyl (C=O) groups is 1. The number of para-hydroxylation sites is 1. The van der Waals surface area contributed by atoms with Gasteiger partial charge in [-0.25, -0.2) is 9.48 Å². The van der Waals surface area contributed by atoms with Crippen LogP contribution in [0.2, 0.25) is 0 Å². The number of fused-ring (bicyclic) bond motifs is 1. The molecule has 0 saturated carbocycles. The molecule has 1 N–H and O–H groups in total. The molecule has 4 aromatic rings. The van der Waals surface area contributed by atoms with Crippen LogP contribution in [-0.4, -0.2) is 44.8 Å². The number of ether oxygens (including phenoxy) is 2. The van der Waals surface area contributed by atoms with Crippen LogP contribution < -0.4 is 10.1 Å². The van der Waals surface area contributed by atoms with E-state index in [4.69, 9.17) is 26.2 Å². The highest BCUT2D eigenvalue weighted by Gasteiger charge is 2.37. The number of aromatic nitrogens is 4. The normalized spacial score (nSPS) is 16.4. The van der Waals surface area contributed by atoms with E-state index in [2.05, 4.69) is 15.3 Å². The number of alkyl halides is 1. The lowest BCUT2D eigenvalue weighted by atomic mass is 9.84. The van der Waals surface area contributed by atoms with Gasteiger partial charge in [-0.2, -0.15) is 5.10 Å². The topological polar surface area (TPSA) is 91.2 Å². The molecule has 38 heavy (non-hydrogen) atoms. The van der Waals surface area contributed by atoms with Gasteiger partial charge in [0.05, 0.1) is 53.1 Å². The van der Waals surface area contributed by atoms with Gasteiger partial charge in [0, 0.05) is 24.4 Å². The van der Waals surface area contributed by atoms with Crippen molar-refractivity contribution in [3.05, 3.63) is 88.6 Å². The largest absolute Gasteiger partial charge is 0.497 e. The van der Waals surface area contributed by atoms with Crippen LogP contribution >= 0.6 is 11.6 Å². The second kappa shape index (κ2) is 9.95. The number of allylic oxidation sites excluding steroid dienone is 1. The molecule has 0 bridgehead atoms. The summed E-state index contributed by atoms with van der Waals surface area (Å²) in [5.41, 5.74) is 6.88. The SMILES string of the molecule is COC(=O)c1cc(OC)ccc1Nc1c(C2=Cc3nccnc3CC2(C)Cl)c(C)nn1-c1ccccc1C. The quantitative estimate of drug-likeness (QED) is 0.245. The third kappa shape index (κ3) is 4.52. The smallest absolute Gasteiger partial charge is 0.340 e. The summed E-state index contributed by atoms with van der Waals surface area (Å²) in [5.74, 6) is 0.714. The molecule has 0 radical (unpaired) electrons. The molecule has 2 aromatic carbocycles. The van der Waals surface area contributed by atoms with E-state index < -0.39 is 10.8 Å². The Hall–Kier alpha value is -4.17. The molecule has 0 fully saturated rings. The van der Waals surface area contributed by atoms with Crippen LogP contribution in [0.4, 0.5) is 11.5 Å². The molecule has 9 heteroatoms. The number of rotatable bonds is 6. The lowest BCUT2D eigenvalue weighted by molar-refractivity contribution is 0.0601. The molecule has 0 saturated heterocycles. The van der Waals surface area contributed by atoms with E-state index in [1.165, 1.54) is 7.11 Å². The third-order valence-corrected chi connectivity index (χ3v) is 7.04. The molecule has 1 aliphatic carbocycles. The van der Waals surface area contributed by atoms with E-state index in [9.17, 15) is 4.79 Å². The van der Waals surface area contributed by atoms with Gasteiger partial charge in [0.15, 0.2) is 0 Å². The molecule has 194 valence electrons. The van der Waals surface area contributed by atoms with Gasteiger partial charge >= 0.3 is 5.97 Å². The summed E-state index contributed by atoms with van der Waals surface area (Å²) in [6, 6.07) is 13.2. The van der Waals surface area contributed by atoms with Crippen molar-refractivity contribution in [1.29, 1.82) is 0 Å². The molecule has 0 aliphatic heterocycles. The maximum absolute atomic E-state index is 12.7. The van der Waals surface area contributed by atoms with Gasteiger partial charge in [-0.15, -0.1) is 11.6 Å². The first-order valence-electron chi connectivity index (χ1n) is 12.1. The minimum absolute atomic E-state index is 0.329. The molecule has 1 aliphatic rings. The first-order valence-corrected chi connectivity index (χ1v) is 12.5. The van der Waals surface area contributed by atoms with Crippen molar-refractivity contribution in [3.63, 3.8) is 0 Å². The number of benzene rings is 2. The average molecular weight is 530 g/mol. The van der Waals surface area contributed by atoms with E-state index in [0.29, 0.717) is 29.2 Å². The Morgan fingerprint density at radius 3 is 2.61 bits per heavy atom. The van der Waals surface area contributed by atoms with Crippen molar-refractivity contribution in [2.75, 3.05) is 19.5 Å². The van der Waals surface area contributed by atoms with Crippen LogP contribution in [0.25, 0.3) is 17.3 Å². The molecule has 1 atom stereocenters. The molecular formula is C29H28ClN5O3. The van der Waals surface area contributed by atoms with Gasteiger partial charge in [-0.05, 0) is 62.2 Å². The monoisotopic (exact) mass is 529 g/mol. The van der Waals surface area contributed by atoms with Gasteiger partial charge in [-0.1, -0.05) is 18.2 Å². The molecule has 5 rings (SSSR count). The van der Waals surface area contributed by atoms with Crippen LogP contribution in [0, 0.1) is 13.8 Å². The van der Waals surface area contributed by atoms with Crippen LogP contribution in [-0.2, 0) is 11.2 Å². The van der Waals surface area contributed by atoms with Crippen molar-refractivity contribution in [1.82, 2.24) is 19.7 Å². The zero-order valence-corrected chi connectivity index (χ0v) is 22.6. The number of nitrogens with one attached hydrogen (secondary N) is 1. The van der Waals surface area contributed by atoms with E-state index in [-0.39, 0.29) is 0 Å². The number of aryl methyl sites for hydroxylation is 2. The summed E-state index contributed by atoms with van der Waals surface area (Å²) >= 11 is 7.19. The van der Waals surface area contributed by atoms with Crippen molar-refractivity contribution in [3.8, 4) is 11.4 Å². The Bertz CT molecular complexity index is 1570. The number of hydrogen-bond acceptors (Lipinski definition) is 7. The van der Waals surface area contributed by atoms with Crippen molar-refractivity contribution < 1.29 is 14.3 Å². The van der Waals surface area contributed by atoms with Gasteiger partial charge in [0.2, 0.25) is 0 Å². The number of esters is 1. The highest BCUT2D eigenvalue weighted by molar-refractivity contribution is 6.32. The number of methoxy groups -OCH3 is 2. The third-order valence-electron chi connectivity index (χ3n) is 6.71. The Morgan fingerprint density at radius 1 is 1.11 bits per heavy atom. The van der Waals surface area contributed by atoms with Crippen LogP contribution in [0.15, 0.2) is 54.9 Å². The number of hydrogen-bond donors (Lipinski definition) is 1. The fourth-order valence-electron chi connectivity index (χ4n) is 4.77. The van der Waals surface area contributed by atoms with E-state index >= 15 is 0 Å². The molecule has 1 unspecified atom stereocenters. The maximum atomic E-state index is 12.7. The fourth-order valence-corrected chi connectivity index (χ4v) is 5.05. The molecule has 8 nitrogen and oxygen atoms in total. The van der Waals surface area contributed by atoms with E-state index in [1.807, 2.05) is 55.8 Å². The summed E-state index contributed by atoms with van der Waals surface area (Å²) in [5, 5.41) is 8.43. The highest BCUT2D eigenvalue weighted by atomic mass is 35.5. The van der Waals surface area contributed by atoms with Crippen LogP contribution in [0.1, 0.15) is 45.5 Å². The highest BCUT2D eigenvalue weighted by Crippen LogP contribution is 2.46. The van der Waals surface area contributed by atoms with Crippen molar-refractivity contribution in [2.24, 2.45) is 0 Å². The predicted molar refractivity (Wildman–Crippen MR) is 149 cm³/mol. The minimum atomic E-state index is -0.769. The summed E-state index contributed by atoms with van der Waals surface area (Å²) in [7, 11) is 2.90. The van der Waals surface area contributed by atoms with Crippen LogP contribution in [0.3, 0.4) is 0 Å². The average Bonchev–Trinajstić information content (AvgIpc) is 3.22. The van der Waals surface area contributed by atoms with Crippen molar-refractivity contribution >= 4 is 40.7 Å². The summed E-state index contributed by atoms with van der Waals surface area (Å²) in [6.45, 7) is 5.95. The maximum Gasteiger partial charge on any atom is 0.340 e. The lowest BCUT2D eigenvalue weighted by Gasteiger charge is -2.30. The van der Waals surface area contributed by atoms with Gasteiger partial charge < -0.3 is 14.8 Å². The van der Waals surface area contributed by atoms with Gasteiger partial charge in [0.25, 0.3) is 0 Å². The van der Waals surface area contributed by atoms with E-state index in [0.717, 1.165) is 39.5 Å². The minimum Gasteiger partial charge on any atom is -0.497 e. The number of nitrogens with zero attached hydrogens (tertiary/aromatic N) is 4. The lowest BCUT2D eigenvalue weighted by Crippen LogP contribution is -2.27. The van der Waals surface area contributed by atoms with Gasteiger partial charge in [-0.3, -0.25) is 9.97 Å². The first kappa shape index (κ1) is 25.5. The van der Waals surface area contributed by atoms with Gasteiger partial charge in [0.1, 0.15) is 11.6 Å². The molecule has 2 aromatic heterocycles. The van der Waals surface area contributed by atoms with Crippen LogP contribution in [0.5, 0.6) is 5.75 Å². The second-order valence-electron chi connectivity index (χ2n) is 9.36. The standard InChI is InChI=1S/C29H28ClN5O3/c1-17-8-6-7-9-25(17)35-27(33-22-11-10-19(37-4)14-20(22)28(36)38-5)26(18(2)34-35)21-15-23-24(16-29(21,3)30)32-13-12-31-23/h6-15,33H,16H2,1-5H3. The summed E-state index contributed by atoms with van der Waals surface area (Å²) in [4.78, 5) is 21.0. The predicted octanol–water partition coefficient (Wildman–Crippen LogP) is 5.91. The zero-order chi connectivity index (χ0) is 27.0. The molecular weight excluding hydrogens is 502 g/mol. The molecule has 2 heterocycles. The van der Waals surface area contributed by atoms with E-state index in [1.54, 1.807) is 37.7 Å². The molecule has 0 spiro atoms. The Balaban J connectivity index is 1.76. The number of halogens is 1. The number of anilines is 2. The summed E-state index contributed by atoms with van der Waals surface area (Å²) in [6.07, 6.45) is 5.84. The second-order valence-corrected chi connectivity index (χ2v) is 10.2. The Kier molecular flexibility index (Phi) is 6.67. The zero-order valence-electron chi connectivity index (χ0n) is 21.9. The fraction of sp³-hybridized carbons (Fsp3) is 0.241. The Labute approximate surface area is 226 Å². The summed E-state index contributed by atoms with van der Waals surface area (Å²) < 4.78 is 12.3. The van der Waals surface area contributed by atoms with Crippen molar-refractivity contribution in [2.45, 2.75) is 32.1 Å². The Morgan fingerprint density at radius 2 is 1.87 bits per heavy atom. The molecule has 0 amide bonds. The first-order chi connectivity index (χ1) is 18.2. The number of carbonyl (C=O) groups excluding carboxylic acids is 1.